The van der Waals surface area contributed by atoms with Crippen LogP contribution in [0.15, 0.2) is 77.5 Å². The number of benzene rings is 2. The number of rotatable bonds is 4. The Morgan fingerprint density at radius 2 is 1.89 bits per heavy atom. The molecule has 0 radical (unpaired) electrons. The number of nitrogens with zero attached hydrogens (tertiary/aromatic N) is 7. The van der Waals surface area contributed by atoms with Crippen LogP contribution in [0.1, 0.15) is 22.7 Å². The summed E-state index contributed by atoms with van der Waals surface area (Å²) in [5.74, 6) is 0.412. The second-order valence-corrected chi connectivity index (χ2v) is 9.15. The van der Waals surface area contributed by atoms with Crippen molar-refractivity contribution in [2.75, 3.05) is 12.3 Å². The van der Waals surface area contributed by atoms with Crippen molar-refractivity contribution in [2.24, 2.45) is 0 Å². The zero-order chi connectivity index (χ0) is 25.8. The summed E-state index contributed by atoms with van der Waals surface area (Å²) in [5.41, 5.74) is 9.30. The van der Waals surface area contributed by atoms with Crippen LogP contribution in [0.25, 0.3) is 28.3 Å². The lowest BCUT2D eigenvalue weighted by atomic mass is 9.97. The lowest BCUT2D eigenvalue weighted by molar-refractivity contribution is -0.134. The lowest BCUT2D eigenvalue weighted by Gasteiger charge is -2.32. The molecule has 1 aliphatic rings. The molecule has 6 aromatic rings. The highest BCUT2D eigenvalue weighted by atomic mass is 19.1. The molecule has 0 saturated carbocycles. The highest BCUT2D eigenvalue weighted by molar-refractivity contribution is 5.92. The van der Waals surface area contributed by atoms with Gasteiger partial charge in [-0.2, -0.15) is 14.6 Å². The third-order valence-corrected chi connectivity index (χ3v) is 6.92. The molecule has 5 heterocycles. The van der Waals surface area contributed by atoms with Crippen LogP contribution in [-0.2, 0) is 17.8 Å². The zero-order valence-electron chi connectivity index (χ0n) is 20.0. The van der Waals surface area contributed by atoms with Gasteiger partial charge in [-0.3, -0.25) is 4.79 Å². The highest BCUT2D eigenvalue weighted by Crippen LogP contribution is 2.30. The number of carbonyl (C=O) groups is 1. The molecule has 0 bridgehead atoms. The maximum Gasteiger partial charge on any atom is 0.252 e. The number of amides is 1. The Hall–Kier alpha value is -5.06. The van der Waals surface area contributed by atoms with Crippen molar-refractivity contribution >= 4 is 28.5 Å². The Balaban J connectivity index is 1.36. The fourth-order valence-corrected chi connectivity index (χ4v) is 5.05. The summed E-state index contributed by atoms with van der Waals surface area (Å²) in [6.45, 7) is 0.647. The minimum absolute atomic E-state index is 0.0905. The smallest absolute Gasteiger partial charge is 0.252 e. The number of nitrogen functional groups attached to an aromatic ring is 1. The maximum absolute atomic E-state index is 14.6. The molecule has 0 saturated heterocycles. The fraction of sp³-hybridized carbons (Fsp3) is 0.148. The van der Waals surface area contributed by atoms with Crippen molar-refractivity contribution in [3.05, 3.63) is 95.6 Å². The second-order valence-electron chi connectivity index (χ2n) is 9.15. The SMILES string of the molecule is Nc1nc2c(cnn2C(C(=O)N2CCc3cccc(F)c3C2)c2ccccc2)c2nc(-c3ccco3)nn12. The summed E-state index contributed by atoms with van der Waals surface area (Å²) in [6, 6.07) is 17.0. The minimum atomic E-state index is -0.844. The first kappa shape index (κ1) is 22.2. The summed E-state index contributed by atoms with van der Waals surface area (Å²) in [6.07, 6.45) is 3.71. The molecule has 188 valence electrons. The van der Waals surface area contributed by atoms with Crippen molar-refractivity contribution in [2.45, 2.75) is 19.0 Å². The molecule has 11 heteroatoms. The first-order valence-corrected chi connectivity index (χ1v) is 12.1. The molecule has 0 aliphatic carbocycles. The number of halogens is 1. The van der Waals surface area contributed by atoms with Crippen LogP contribution in [-0.4, -0.2) is 46.7 Å². The van der Waals surface area contributed by atoms with Gasteiger partial charge in [-0.1, -0.05) is 42.5 Å². The molecular formula is C27H21FN8O2. The van der Waals surface area contributed by atoms with Crippen molar-refractivity contribution in [3.63, 3.8) is 0 Å². The maximum atomic E-state index is 14.6. The number of nitrogens with two attached hydrogens (primary N) is 1. The van der Waals surface area contributed by atoms with Crippen LogP contribution in [0.2, 0.25) is 0 Å². The molecule has 1 unspecified atom stereocenters. The van der Waals surface area contributed by atoms with E-state index >= 15 is 0 Å². The summed E-state index contributed by atoms with van der Waals surface area (Å²) >= 11 is 0. The molecule has 2 aromatic carbocycles. The van der Waals surface area contributed by atoms with Crippen molar-refractivity contribution in [1.29, 1.82) is 0 Å². The molecule has 4 aromatic heterocycles. The molecular weight excluding hydrogens is 487 g/mol. The van der Waals surface area contributed by atoms with E-state index < -0.39 is 6.04 Å². The van der Waals surface area contributed by atoms with Crippen LogP contribution in [0.5, 0.6) is 0 Å². The third-order valence-electron chi connectivity index (χ3n) is 6.92. The van der Waals surface area contributed by atoms with Gasteiger partial charge in [-0.25, -0.2) is 14.1 Å². The molecule has 1 amide bonds. The molecule has 7 rings (SSSR count). The predicted molar refractivity (Wildman–Crippen MR) is 136 cm³/mol. The lowest BCUT2D eigenvalue weighted by Crippen LogP contribution is -2.41. The monoisotopic (exact) mass is 508 g/mol. The van der Waals surface area contributed by atoms with E-state index in [1.54, 1.807) is 34.0 Å². The van der Waals surface area contributed by atoms with Gasteiger partial charge in [0, 0.05) is 18.7 Å². The van der Waals surface area contributed by atoms with Crippen molar-refractivity contribution in [3.8, 4) is 11.6 Å². The van der Waals surface area contributed by atoms with Gasteiger partial charge in [-0.05, 0) is 35.7 Å². The van der Waals surface area contributed by atoms with E-state index in [4.69, 9.17) is 10.2 Å². The first-order chi connectivity index (χ1) is 18.6. The van der Waals surface area contributed by atoms with Crippen molar-refractivity contribution < 1.29 is 13.6 Å². The van der Waals surface area contributed by atoms with Crippen LogP contribution in [0.3, 0.4) is 0 Å². The number of furan rings is 1. The van der Waals surface area contributed by atoms with Crippen LogP contribution >= 0.6 is 0 Å². The normalized spacial score (nSPS) is 14.2. The Kier molecular flexibility index (Phi) is 4.96. The quantitative estimate of drug-likeness (QED) is 0.386. The molecule has 1 atom stereocenters. The van der Waals surface area contributed by atoms with E-state index in [0.29, 0.717) is 46.8 Å². The summed E-state index contributed by atoms with van der Waals surface area (Å²) in [5, 5.41) is 9.59. The Bertz CT molecular complexity index is 1810. The highest BCUT2D eigenvalue weighted by Gasteiger charge is 2.33. The van der Waals surface area contributed by atoms with E-state index in [1.807, 2.05) is 36.4 Å². The van der Waals surface area contributed by atoms with Crippen LogP contribution < -0.4 is 5.73 Å². The summed E-state index contributed by atoms with van der Waals surface area (Å²) in [4.78, 5) is 24.9. The van der Waals surface area contributed by atoms with E-state index in [2.05, 4.69) is 20.2 Å². The molecule has 1 aliphatic heterocycles. The number of fused-ring (bicyclic) bond motifs is 4. The van der Waals surface area contributed by atoms with Gasteiger partial charge in [0.15, 0.2) is 23.1 Å². The van der Waals surface area contributed by atoms with E-state index in [0.717, 1.165) is 11.1 Å². The first-order valence-electron chi connectivity index (χ1n) is 12.1. The number of carbonyl (C=O) groups excluding carboxylic acids is 1. The number of anilines is 1. The van der Waals surface area contributed by atoms with E-state index in [9.17, 15) is 9.18 Å². The third kappa shape index (κ3) is 3.43. The molecule has 0 spiro atoms. The van der Waals surface area contributed by atoms with Crippen LogP contribution in [0, 0.1) is 5.82 Å². The van der Waals surface area contributed by atoms with Gasteiger partial charge in [0.25, 0.3) is 5.91 Å². The van der Waals surface area contributed by atoms with Gasteiger partial charge < -0.3 is 15.1 Å². The summed E-state index contributed by atoms with van der Waals surface area (Å²) < 4.78 is 23.0. The molecule has 38 heavy (non-hydrogen) atoms. The van der Waals surface area contributed by atoms with Gasteiger partial charge >= 0.3 is 0 Å². The number of aromatic nitrogens is 6. The molecule has 2 N–H and O–H groups in total. The van der Waals surface area contributed by atoms with E-state index in [-0.39, 0.29) is 24.2 Å². The van der Waals surface area contributed by atoms with Gasteiger partial charge in [0.2, 0.25) is 11.8 Å². The van der Waals surface area contributed by atoms with Gasteiger partial charge in [-0.15, -0.1) is 5.10 Å². The number of hydrogen-bond acceptors (Lipinski definition) is 7. The van der Waals surface area contributed by atoms with Gasteiger partial charge in [0.1, 0.15) is 5.82 Å². The standard InChI is InChI=1S/C27H21FN8O2/c28-20-9-4-8-16-11-12-34(15-19(16)20)26(37)22(17-6-2-1-3-7-17)35-25-18(14-30-35)24-31-23(21-10-5-13-38-21)33-36(24)27(29)32-25/h1-10,13-14,22H,11-12,15H2,(H2,29,32). The molecule has 10 nitrogen and oxygen atoms in total. The average molecular weight is 509 g/mol. The van der Waals surface area contributed by atoms with Crippen LogP contribution in [0.4, 0.5) is 10.3 Å². The number of hydrogen-bond donors (Lipinski definition) is 1. The van der Waals surface area contributed by atoms with Crippen molar-refractivity contribution in [1.82, 2.24) is 34.3 Å². The average Bonchev–Trinajstić information content (AvgIpc) is 3.70. The Morgan fingerprint density at radius 3 is 2.71 bits per heavy atom. The summed E-state index contributed by atoms with van der Waals surface area (Å²) in [7, 11) is 0. The minimum Gasteiger partial charge on any atom is -0.461 e. The second kappa shape index (κ2) is 8.51. The predicted octanol–water partition coefficient (Wildman–Crippen LogP) is 3.63. The zero-order valence-corrected chi connectivity index (χ0v) is 20.0. The van der Waals surface area contributed by atoms with E-state index in [1.165, 1.54) is 16.8 Å². The Labute approximate surface area is 215 Å². The Morgan fingerprint density at radius 1 is 1.03 bits per heavy atom. The fourth-order valence-electron chi connectivity index (χ4n) is 5.05. The largest absolute Gasteiger partial charge is 0.461 e. The molecule has 0 fully saturated rings. The van der Waals surface area contributed by atoms with Gasteiger partial charge in [0.05, 0.1) is 17.8 Å². The topological polar surface area (TPSA) is 120 Å².